The van der Waals surface area contributed by atoms with Crippen molar-refractivity contribution in [2.24, 2.45) is 0 Å². The number of rotatable bonds is 3. The van der Waals surface area contributed by atoms with Gasteiger partial charge in [0.25, 0.3) is 0 Å². The summed E-state index contributed by atoms with van der Waals surface area (Å²) < 4.78 is 5.59. The van der Waals surface area contributed by atoms with Crippen LogP contribution in [0.25, 0.3) is 11.0 Å². The highest BCUT2D eigenvalue weighted by Crippen LogP contribution is 2.25. The van der Waals surface area contributed by atoms with Crippen molar-refractivity contribution in [2.45, 2.75) is 25.7 Å². The van der Waals surface area contributed by atoms with Crippen LogP contribution < -0.4 is 10.5 Å². The van der Waals surface area contributed by atoms with Crippen molar-refractivity contribution in [1.82, 2.24) is 4.98 Å². The zero-order valence-corrected chi connectivity index (χ0v) is 13.6. The summed E-state index contributed by atoms with van der Waals surface area (Å²) in [5.74, 6) is 0. The first-order valence-electron chi connectivity index (χ1n) is 8.51. The Morgan fingerprint density at radius 1 is 1.04 bits per heavy atom. The van der Waals surface area contributed by atoms with Crippen LogP contribution in [0.15, 0.2) is 57.9 Å². The van der Waals surface area contributed by atoms with Gasteiger partial charge < -0.3 is 9.32 Å². The summed E-state index contributed by atoms with van der Waals surface area (Å²) in [6.45, 7) is 2.15. The van der Waals surface area contributed by atoms with E-state index in [1.54, 1.807) is 6.20 Å². The summed E-state index contributed by atoms with van der Waals surface area (Å²) in [4.78, 5) is 19.0. The molecule has 0 spiro atoms. The van der Waals surface area contributed by atoms with Gasteiger partial charge in [0.1, 0.15) is 5.58 Å². The van der Waals surface area contributed by atoms with E-state index in [2.05, 4.69) is 16.0 Å². The number of nitrogens with zero attached hydrogens (tertiary/aromatic N) is 2. The van der Waals surface area contributed by atoms with Crippen molar-refractivity contribution in [3.63, 3.8) is 0 Å². The fraction of sp³-hybridized carbons (Fsp3) is 0.300. The topological polar surface area (TPSA) is 46.3 Å². The molecule has 4 nitrogen and oxygen atoms in total. The van der Waals surface area contributed by atoms with Gasteiger partial charge in [0.15, 0.2) is 0 Å². The Morgan fingerprint density at radius 2 is 1.92 bits per heavy atom. The summed E-state index contributed by atoms with van der Waals surface area (Å²) in [7, 11) is 0. The molecule has 2 aromatic heterocycles. The molecular weight excluding hydrogens is 300 g/mol. The standard InChI is InChI=1S/C20H20N2O2/c23-20-16(13-17-6-2-3-9-21-17)12-15-7-8-18(14-19(15)24-20)22-10-4-1-5-11-22/h2-3,6-9,12,14H,1,4-5,10-11,13H2. The summed E-state index contributed by atoms with van der Waals surface area (Å²) in [6, 6.07) is 13.8. The number of pyridine rings is 1. The van der Waals surface area contributed by atoms with E-state index in [-0.39, 0.29) is 5.63 Å². The van der Waals surface area contributed by atoms with Crippen LogP contribution in [0.3, 0.4) is 0 Å². The SMILES string of the molecule is O=c1oc2cc(N3CCCCC3)ccc2cc1Cc1ccccn1. The van der Waals surface area contributed by atoms with E-state index in [9.17, 15) is 4.79 Å². The highest BCUT2D eigenvalue weighted by atomic mass is 16.4. The molecule has 4 rings (SSSR count). The maximum atomic E-state index is 12.3. The van der Waals surface area contributed by atoms with Gasteiger partial charge in [-0.25, -0.2) is 4.79 Å². The van der Waals surface area contributed by atoms with Gasteiger partial charge in [0, 0.05) is 54.1 Å². The first kappa shape index (κ1) is 14.9. The Kier molecular flexibility index (Phi) is 4.03. The fourth-order valence-corrected chi connectivity index (χ4v) is 3.31. The van der Waals surface area contributed by atoms with Gasteiger partial charge in [0.05, 0.1) is 0 Å². The second kappa shape index (κ2) is 6.48. The maximum absolute atomic E-state index is 12.3. The van der Waals surface area contributed by atoms with Crippen LogP contribution in [-0.2, 0) is 6.42 Å². The summed E-state index contributed by atoms with van der Waals surface area (Å²) in [6.07, 6.45) is 5.99. The average Bonchev–Trinajstić information content (AvgIpc) is 2.63. The van der Waals surface area contributed by atoms with Gasteiger partial charge in [-0.05, 0) is 49.6 Å². The summed E-state index contributed by atoms with van der Waals surface area (Å²) >= 11 is 0. The molecule has 0 atom stereocenters. The molecule has 0 unspecified atom stereocenters. The lowest BCUT2D eigenvalue weighted by Gasteiger charge is -2.28. The van der Waals surface area contributed by atoms with E-state index >= 15 is 0 Å². The molecule has 122 valence electrons. The van der Waals surface area contributed by atoms with Gasteiger partial charge in [-0.15, -0.1) is 0 Å². The molecular formula is C20H20N2O2. The van der Waals surface area contributed by atoms with Crippen LogP contribution in [0.2, 0.25) is 0 Å². The molecule has 24 heavy (non-hydrogen) atoms. The second-order valence-electron chi connectivity index (χ2n) is 6.33. The quantitative estimate of drug-likeness (QED) is 0.689. The van der Waals surface area contributed by atoms with Crippen LogP contribution in [0.4, 0.5) is 5.69 Å². The van der Waals surface area contributed by atoms with Crippen LogP contribution in [-0.4, -0.2) is 18.1 Å². The van der Waals surface area contributed by atoms with E-state index in [1.807, 2.05) is 36.4 Å². The van der Waals surface area contributed by atoms with Gasteiger partial charge in [0.2, 0.25) is 0 Å². The molecule has 4 heteroatoms. The minimum atomic E-state index is -0.274. The minimum absolute atomic E-state index is 0.274. The van der Waals surface area contributed by atoms with Gasteiger partial charge in [-0.2, -0.15) is 0 Å². The van der Waals surface area contributed by atoms with E-state index in [0.717, 1.165) is 29.9 Å². The third kappa shape index (κ3) is 3.04. The van der Waals surface area contributed by atoms with E-state index in [4.69, 9.17) is 4.42 Å². The Bertz CT molecular complexity index is 896. The zero-order valence-electron chi connectivity index (χ0n) is 13.6. The molecule has 1 aliphatic rings. The first-order valence-corrected chi connectivity index (χ1v) is 8.51. The van der Waals surface area contributed by atoms with Crippen LogP contribution in [0.1, 0.15) is 30.5 Å². The summed E-state index contributed by atoms with van der Waals surface area (Å²) in [5.41, 5.74) is 3.04. The van der Waals surface area contributed by atoms with Gasteiger partial charge in [-0.3, -0.25) is 4.98 Å². The molecule has 1 fully saturated rings. The molecule has 0 N–H and O–H groups in total. The Balaban J connectivity index is 1.67. The van der Waals surface area contributed by atoms with Gasteiger partial charge >= 0.3 is 5.63 Å². The number of benzene rings is 1. The maximum Gasteiger partial charge on any atom is 0.339 e. The molecule has 0 aliphatic carbocycles. The van der Waals surface area contributed by atoms with E-state index in [1.165, 1.54) is 19.3 Å². The Labute approximate surface area is 140 Å². The molecule has 3 aromatic rings. The number of aromatic nitrogens is 1. The van der Waals surface area contributed by atoms with E-state index < -0.39 is 0 Å². The average molecular weight is 320 g/mol. The van der Waals surface area contributed by atoms with Crippen molar-refractivity contribution in [2.75, 3.05) is 18.0 Å². The molecule has 1 aromatic carbocycles. The van der Waals surface area contributed by atoms with Crippen LogP contribution in [0.5, 0.6) is 0 Å². The number of piperidine rings is 1. The lowest BCUT2D eigenvalue weighted by atomic mass is 10.1. The predicted octanol–water partition coefficient (Wildman–Crippen LogP) is 3.77. The highest BCUT2D eigenvalue weighted by Gasteiger charge is 2.13. The van der Waals surface area contributed by atoms with Crippen molar-refractivity contribution in [3.8, 4) is 0 Å². The third-order valence-electron chi connectivity index (χ3n) is 4.61. The molecule has 0 bridgehead atoms. The fourth-order valence-electron chi connectivity index (χ4n) is 3.31. The van der Waals surface area contributed by atoms with Gasteiger partial charge in [-0.1, -0.05) is 6.07 Å². The number of anilines is 1. The monoisotopic (exact) mass is 320 g/mol. The van der Waals surface area contributed by atoms with Crippen LogP contribution >= 0.6 is 0 Å². The molecule has 0 amide bonds. The molecule has 0 saturated carbocycles. The normalized spacial score (nSPS) is 14.9. The largest absolute Gasteiger partial charge is 0.422 e. The summed E-state index contributed by atoms with van der Waals surface area (Å²) in [5, 5.41) is 0.960. The number of fused-ring (bicyclic) bond motifs is 1. The lowest BCUT2D eigenvalue weighted by Crippen LogP contribution is -2.29. The van der Waals surface area contributed by atoms with Crippen molar-refractivity contribution in [1.29, 1.82) is 0 Å². The molecule has 1 saturated heterocycles. The van der Waals surface area contributed by atoms with E-state index in [0.29, 0.717) is 17.6 Å². The predicted molar refractivity (Wildman–Crippen MR) is 95.6 cm³/mol. The van der Waals surface area contributed by atoms with Crippen molar-refractivity contribution < 1.29 is 4.42 Å². The molecule has 3 heterocycles. The molecule has 0 radical (unpaired) electrons. The highest BCUT2D eigenvalue weighted by molar-refractivity contribution is 5.81. The second-order valence-corrected chi connectivity index (χ2v) is 6.33. The van der Waals surface area contributed by atoms with Crippen molar-refractivity contribution in [3.05, 3.63) is 70.3 Å². The lowest BCUT2D eigenvalue weighted by molar-refractivity contribution is 0.550. The zero-order chi connectivity index (χ0) is 16.4. The Hall–Kier alpha value is -2.62. The Morgan fingerprint density at radius 3 is 2.71 bits per heavy atom. The number of hydrogen-bond acceptors (Lipinski definition) is 4. The minimum Gasteiger partial charge on any atom is -0.422 e. The van der Waals surface area contributed by atoms with Crippen molar-refractivity contribution >= 4 is 16.7 Å². The smallest absolute Gasteiger partial charge is 0.339 e. The number of hydrogen-bond donors (Lipinski definition) is 0. The first-order chi connectivity index (χ1) is 11.8. The molecule has 1 aliphatic heterocycles. The third-order valence-corrected chi connectivity index (χ3v) is 4.61. The van der Waals surface area contributed by atoms with Crippen LogP contribution in [0, 0.1) is 0 Å².